The number of hydrogen-bond donors (Lipinski definition) is 0. The highest BCUT2D eigenvalue weighted by Gasteiger charge is 2.21. The smallest absolute Gasteiger partial charge is 0.165 e. The number of fused-ring (bicyclic) bond motifs is 1. The average Bonchev–Trinajstić information content (AvgIpc) is 2.44. The molecule has 80 valence electrons. The lowest BCUT2D eigenvalue weighted by Gasteiger charge is -2.11. The van der Waals surface area contributed by atoms with Crippen molar-refractivity contribution in [1.82, 2.24) is 0 Å². The standard InChI is InChI=1S/C12H13FO2/c1-7(2)15-12-6-9-4-10(14)3-8(9)5-11(12)13/h5-7H,3-4H2,1-2H3. The molecule has 0 aromatic heterocycles. The van der Waals surface area contributed by atoms with Crippen LogP contribution >= 0.6 is 0 Å². The molecule has 1 aliphatic carbocycles. The lowest BCUT2D eigenvalue weighted by molar-refractivity contribution is -0.117. The SMILES string of the molecule is CC(C)Oc1cc2c(cc1F)CC(=O)C2. The molecule has 0 amide bonds. The molecule has 3 heteroatoms. The van der Waals surface area contributed by atoms with Gasteiger partial charge in [0.1, 0.15) is 5.78 Å². The van der Waals surface area contributed by atoms with Gasteiger partial charge in [-0.1, -0.05) is 0 Å². The highest BCUT2D eigenvalue weighted by atomic mass is 19.1. The fourth-order valence-electron chi connectivity index (χ4n) is 1.80. The van der Waals surface area contributed by atoms with Crippen molar-refractivity contribution >= 4 is 5.78 Å². The second kappa shape index (κ2) is 3.65. The lowest BCUT2D eigenvalue weighted by Crippen LogP contribution is -2.07. The maximum Gasteiger partial charge on any atom is 0.165 e. The Hall–Kier alpha value is -1.38. The summed E-state index contributed by atoms with van der Waals surface area (Å²) in [5.41, 5.74) is 1.70. The third-order valence-corrected chi connectivity index (χ3v) is 2.39. The second-order valence-corrected chi connectivity index (χ2v) is 4.11. The molecule has 0 radical (unpaired) electrons. The van der Waals surface area contributed by atoms with Crippen LogP contribution in [0.2, 0.25) is 0 Å². The third kappa shape index (κ3) is 2.01. The Morgan fingerprint density at radius 3 is 2.47 bits per heavy atom. The van der Waals surface area contributed by atoms with Crippen LogP contribution in [0.5, 0.6) is 5.75 Å². The summed E-state index contributed by atoms with van der Waals surface area (Å²) in [7, 11) is 0. The maximum atomic E-state index is 13.5. The molecular weight excluding hydrogens is 195 g/mol. The van der Waals surface area contributed by atoms with Gasteiger partial charge < -0.3 is 4.74 Å². The van der Waals surface area contributed by atoms with Gasteiger partial charge in [-0.2, -0.15) is 0 Å². The van der Waals surface area contributed by atoms with E-state index in [0.717, 1.165) is 11.1 Å². The Labute approximate surface area is 88.1 Å². The summed E-state index contributed by atoms with van der Waals surface area (Å²) in [5.74, 6) is 0.0155. The van der Waals surface area contributed by atoms with Gasteiger partial charge in [-0.25, -0.2) is 4.39 Å². The normalized spacial score (nSPS) is 14.5. The molecular formula is C12H13FO2. The number of rotatable bonds is 2. The highest BCUT2D eigenvalue weighted by molar-refractivity contribution is 5.88. The summed E-state index contributed by atoms with van der Waals surface area (Å²) in [4.78, 5) is 11.2. The van der Waals surface area contributed by atoms with Crippen LogP contribution in [0.15, 0.2) is 12.1 Å². The summed E-state index contributed by atoms with van der Waals surface area (Å²) in [6.07, 6.45) is 0.702. The summed E-state index contributed by atoms with van der Waals surface area (Å²) in [6.45, 7) is 3.69. The zero-order chi connectivity index (χ0) is 11.0. The fraction of sp³-hybridized carbons (Fsp3) is 0.417. The molecule has 0 aliphatic heterocycles. The topological polar surface area (TPSA) is 26.3 Å². The molecule has 0 saturated carbocycles. The molecule has 2 rings (SSSR count). The number of halogens is 1. The van der Waals surface area contributed by atoms with E-state index in [4.69, 9.17) is 4.74 Å². The van der Waals surface area contributed by atoms with E-state index < -0.39 is 0 Å². The largest absolute Gasteiger partial charge is 0.488 e. The van der Waals surface area contributed by atoms with Crippen LogP contribution in [0.25, 0.3) is 0 Å². The predicted molar refractivity (Wildman–Crippen MR) is 54.6 cm³/mol. The minimum atomic E-state index is -0.378. The van der Waals surface area contributed by atoms with Crippen molar-refractivity contribution in [2.45, 2.75) is 32.8 Å². The van der Waals surface area contributed by atoms with Crippen molar-refractivity contribution in [3.63, 3.8) is 0 Å². The van der Waals surface area contributed by atoms with Gasteiger partial charge in [0.15, 0.2) is 11.6 Å². The van der Waals surface area contributed by atoms with Crippen LogP contribution < -0.4 is 4.74 Å². The molecule has 0 saturated heterocycles. The number of ether oxygens (including phenoxy) is 1. The summed E-state index contributed by atoms with van der Waals surface area (Å²) < 4.78 is 18.8. The van der Waals surface area contributed by atoms with Crippen molar-refractivity contribution in [3.8, 4) is 5.75 Å². The van der Waals surface area contributed by atoms with Gasteiger partial charge in [0.25, 0.3) is 0 Å². The zero-order valence-electron chi connectivity index (χ0n) is 8.84. The molecule has 0 spiro atoms. The molecule has 0 unspecified atom stereocenters. The van der Waals surface area contributed by atoms with Gasteiger partial charge in [-0.15, -0.1) is 0 Å². The van der Waals surface area contributed by atoms with Crippen LogP contribution in [0.1, 0.15) is 25.0 Å². The van der Waals surface area contributed by atoms with Crippen LogP contribution in [0, 0.1) is 5.82 Å². The second-order valence-electron chi connectivity index (χ2n) is 4.11. The number of carbonyl (C=O) groups excluding carboxylic acids is 1. The lowest BCUT2D eigenvalue weighted by atomic mass is 10.1. The Balaban J connectivity index is 2.35. The van der Waals surface area contributed by atoms with Gasteiger partial charge in [0.05, 0.1) is 6.10 Å². The number of ketones is 1. The van der Waals surface area contributed by atoms with Gasteiger partial charge in [0, 0.05) is 12.8 Å². The van der Waals surface area contributed by atoms with Crippen LogP contribution in [-0.4, -0.2) is 11.9 Å². The molecule has 0 N–H and O–H groups in total. The Kier molecular flexibility index (Phi) is 2.47. The van der Waals surface area contributed by atoms with E-state index in [1.807, 2.05) is 13.8 Å². The Morgan fingerprint density at radius 2 is 1.87 bits per heavy atom. The van der Waals surface area contributed by atoms with E-state index in [0.29, 0.717) is 12.8 Å². The summed E-state index contributed by atoms with van der Waals surface area (Å²) in [6, 6.07) is 3.06. The van der Waals surface area contributed by atoms with Crippen molar-refractivity contribution in [3.05, 3.63) is 29.1 Å². The maximum absolute atomic E-state index is 13.5. The van der Waals surface area contributed by atoms with Crippen LogP contribution in [-0.2, 0) is 17.6 Å². The summed E-state index contributed by atoms with van der Waals surface area (Å²) in [5, 5.41) is 0. The van der Waals surface area contributed by atoms with Crippen molar-refractivity contribution < 1.29 is 13.9 Å². The number of benzene rings is 1. The molecule has 0 bridgehead atoms. The van der Waals surface area contributed by atoms with Crippen molar-refractivity contribution in [2.75, 3.05) is 0 Å². The monoisotopic (exact) mass is 208 g/mol. The first-order valence-corrected chi connectivity index (χ1v) is 5.06. The quantitative estimate of drug-likeness (QED) is 0.745. The highest BCUT2D eigenvalue weighted by Crippen LogP contribution is 2.28. The van der Waals surface area contributed by atoms with Gasteiger partial charge >= 0.3 is 0 Å². The fourth-order valence-corrected chi connectivity index (χ4v) is 1.80. The van der Waals surface area contributed by atoms with E-state index in [9.17, 15) is 9.18 Å². The minimum absolute atomic E-state index is 0.0605. The Morgan fingerprint density at radius 1 is 1.27 bits per heavy atom. The first-order valence-electron chi connectivity index (χ1n) is 5.06. The van der Waals surface area contributed by atoms with E-state index in [-0.39, 0.29) is 23.5 Å². The van der Waals surface area contributed by atoms with E-state index in [2.05, 4.69) is 0 Å². The number of hydrogen-bond acceptors (Lipinski definition) is 2. The third-order valence-electron chi connectivity index (χ3n) is 2.39. The van der Waals surface area contributed by atoms with E-state index in [1.165, 1.54) is 6.07 Å². The predicted octanol–water partition coefficient (Wildman–Crippen LogP) is 2.28. The molecule has 15 heavy (non-hydrogen) atoms. The molecule has 0 fully saturated rings. The first kappa shape index (κ1) is 10.1. The van der Waals surface area contributed by atoms with Gasteiger partial charge in [-0.3, -0.25) is 4.79 Å². The molecule has 1 aromatic carbocycles. The summed E-state index contributed by atoms with van der Waals surface area (Å²) >= 11 is 0. The van der Waals surface area contributed by atoms with Crippen LogP contribution in [0.3, 0.4) is 0 Å². The molecule has 2 nitrogen and oxygen atoms in total. The average molecular weight is 208 g/mol. The zero-order valence-corrected chi connectivity index (χ0v) is 8.84. The minimum Gasteiger partial charge on any atom is -0.488 e. The number of Topliss-reactive ketones (excluding diaryl/α,β-unsaturated/α-hetero) is 1. The van der Waals surface area contributed by atoms with Crippen molar-refractivity contribution in [1.29, 1.82) is 0 Å². The van der Waals surface area contributed by atoms with Gasteiger partial charge in [0.2, 0.25) is 0 Å². The first-order chi connectivity index (χ1) is 7.06. The van der Waals surface area contributed by atoms with E-state index in [1.54, 1.807) is 6.07 Å². The molecule has 1 aliphatic rings. The van der Waals surface area contributed by atoms with Gasteiger partial charge in [-0.05, 0) is 37.1 Å². The molecule has 1 aromatic rings. The molecule has 0 heterocycles. The molecule has 0 atom stereocenters. The number of carbonyl (C=O) groups is 1. The van der Waals surface area contributed by atoms with E-state index >= 15 is 0 Å². The Bertz CT molecular complexity index is 410. The van der Waals surface area contributed by atoms with Crippen LogP contribution in [0.4, 0.5) is 4.39 Å². The van der Waals surface area contributed by atoms with Crippen molar-refractivity contribution in [2.24, 2.45) is 0 Å².